The van der Waals surface area contributed by atoms with E-state index >= 15 is 0 Å². The summed E-state index contributed by atoms with van der Waals surface area (Å²) in [6.45, 7) is 0. The van der Waals surface area contributed by atoms with Crippen LogP contribution in [0.5, 0.6) is 0 Å². The Labute approximate surface area is 106 Å². The van der Waals surface area contributed by atoms with Crippen LogP contribution in [0.25, 0.3) is 0 Å². The minimum absolute atomic E-state index is 0. The first-order valence-corrected chi connectivity index (χ1v) is 2.56. The molecule has 51 valence electrons. The molecule has 0 spiro atoms. The second-order valence-electron chi connectivity index (χ2n) is 1.58. The SMILES string of the molecule is N#CNC(=O)c1ccoc1.[K]. The molecule has 1 aromatic heterocycles. The minimum Gasteiger partial charge on any atom is -0.472 e. The summed E-state index contributed by atoms with van der Waals surface area (Å²) < 4.78 is 4.61. The van der Waals surface area contributed by atoms with E-state index in [0.29, 0.717) is 5.56 Å². The van der Waals surface area contributed by atoms with Gasteiger partial charge in [0.2, 0.25) is 0 Å². The average Bonchev–Trinajstić information content (AvgIpc) is 2.38. The Balaban J connectivity index is 0.000001000. The van der Waals surface area contributed by atoms with Crippen molar-refractivity contribution in [2.24, 2.45) is 0 Å². The molecule has 0 aliphatic heterocycles. The monoisotopic (exact) mass is 175 g/mol. The predicted octanol–water partition coefficient (Wildman–Crippen LogP) is 0.110. The number of amides is 1. The number of carbonyl (C=O) groups excluding carboxylic acids is 1. The van der Waals surface area contributed by atoms with Crippen LogP contribution in [0.15, 0.2) is 23.0 Å². The maximum atomic E-state index is 10.7. The number of rotatable bonds is 1. The standard InChI is InChI=1S/C6H4N2O2.K/c7-4-8-6(9)5-1-2-10-3-5;/h1-3H,(H,8,9);. The average molecular weight is 175 g/mol. The molecule has 0 fully saturated rings. The zero-order valence-electron chi connectivity index (χ0n) is 6.00. The number of nitrogens with one attached hydrogen (secondary N) is 1. The molecule has 4 nitrogen and oxygen atoms in total. The van der Waals surface area contributed by atoms with Crippen LogP contribution in [0.3, 0.4) is 0 Å². The predicted molar refractivity (Wildman–Crippen MR) is 37.5 cm³/mol. The number of hydrogen-bond donors (Lipinski definition) is 1. The van der Waals surface area contributed by atoms with E-state index in [4.69, 9.17) is 5.26 Å². The summed E-state index contributed by atoms with van der Waals surface area (Å²) in [6.07, 6.45) is 4.15. The Bertz CT molecular complexity index is 263. The molecule has 0 atom stereocenters. The van der Waals surface area contributed by atoms with Crippen molar-refractivity contribution >= 4 is 57.3 Å². The van der Waals surface area contributed by atoms with Gasteiger partial charge in [-0.1, -0.05) is 0 Å². The van der Waals surface area contributed by atoms with Gasteiger partial charge in [0.15, 0.2) is 6.19 Å². The van der Waals surface area contributed by atoms with Crippen LogP contribution in [-0.4, -0.2) is 57.3 Å². The van der Waals surface area contributed by atoms with E-state index in [9.17, 15) is 4.79 Å². The normalized spacial score (nSPS) is 7.55. The van der Waals surface area contributed by atoms with Gasteiger partial charge < -0.3 is 4.42 Å². The third kappa shape index (κ3) is 3.18. The Morgan fingerprint density at radius 1 is 1.73 bits per heavy atom. The molecule has 1 radical (unpaired) electrons. The number of furan rings is 1. The van der Waals surface area contributed by atoms with Crippen LogP contribution < -0.4 is 5.32 Å². The first-order chi connectivity index (χ1) is 4.84. The molecule has 0 saturated heterocycles. The molecular formula is C6H4KN2O2. The molecular weight excluding hydrogens is 171 g/mol. The van der Waals surface area contributed by atoms with Crippen LogP contribution in [-0.2, 0) is 0 Å². The van der Waals surface area contributed by atoms with Crippen LogP contribution >= 0.6 is 0 Å². The zero-order valence-corrected chi connectivity index (χ0v) is 9.12. The molecule has 0 bridgehead atoms. The maximum absolute atomic E-state index is 10.7. The van der Waals surface area contributed by atoms with E-state index in [1.165, 1.54) is 24.8 Å². The first kappa shape index (κ1) is 10.9. The number of hydrogen-bond acceptors (Lipinski definition) is 3. The van der Waals surface area contributed by atoms with Crippen molar-refractivity contribution < 1.29 is 9.21 Å². The van der Waals surface area contributed by atoms with Crippen LogP contribution in [0, 0.1) is 11.5 Å². The third-order valence-electron chi connectivity index (χ3n) is 0.953. The van der Waals surface area contributed by atoms with Crippen molar-refractivity contribution in [1.29, 1.82) is 5.26 Å². The second kappa shape index (κ2) is 5.52. The van der Waals surface area contributed by atoms with Crippen molar-refractivity contribution in [3.8, 4) is 6.19 Å². The van der Waals surface area contributed by atoms with Gasteiger partial charge in [-0.05, 0) is 6.07 Å². The summed E-state index contributed by atoms with van der Waals surface area (Å²) in [5.41, 5.74) is 0.349. The van der Waals surface area contributed by atoms with Gasteiger partial charge >= 0.3 is 0 Å². The molecule has 1 amide bonds. The molecule has 0 aromatic carbocycles. The minimum atomic E-state index is -0.448. The van der Waals surface area contributed by atoms with Gasteiger partial charge in [-0.15, -0.1) is 0 Å². The maximum Gasteiger partial charge on any atom is 0.267 e. The molecule has 0 aliphatic rings. The Morgan fingerprint density at radius 3 is 2.91 bits per heavy atom. The molecule has 0 aliphatic carbocycles. The van der Waals surface area contributed by atoms with Crippen LogP contribution in [0.2, 0.25) is 0 Å². The van der Waals surface area contributed by atoms with Crippen molar-refractivity contribution in [2.45, 2.75) is 0 Å². The summed E-state index contributed by atoms with van der Waals surface area (Å²) in [7, 11) is 0. The largest absolute Gasteiger partial charge is 0.472 e. The molecule has 1 heterocycles. The molecule has 0 unspecified atom stereocenters. The smallest absolute Gasteiger partial charge is 0.267 e. The topological polar surface area (TPSA) is 66.0 Å². The molecule has 1 N–H and O–H groups in total. The number of carbonyl (C=O) groups is 1. The summed E-state index contributed by atoms with van der Waals surface area (Å²) >= 11 is 0. The Morgan fingerprint density at radius 2 is 2.45 bits per heavy atom. The van der Waals surface area contributed by atoms with Crippen molar-refractivity contribution in [1.82, 2.24) is 5.32 Å². The summed E-state index contributed by atoms with van der Waals surface area (Å²) in [5.74, 6) is -0.448. The van der Waals surface area contributed by atoms with E-state index in [1.54, 1.807) is 0 Å². The number of nitrogens with zero attached hydrogens (tertiary/aromatic N) is 1. The second-order valence-corrected chi connectivity index (χ2v) is 1.58. The fourth-order valence-corrected chi connectivity index (χ4v) is 0.517. The van der Waals surface area contributed by atoms with Gasteiger partial charge in [0.1, 0.15) is 6.26 Å². The van der Waals surface area contributed by atoms with Crippen molar-refractivity contribution in [3.63, 3.8) is 0 Å². The molecule has 11 heavy (non-hydrogen) atoms. The van der Waals surface area contributed by atoms with Gasteiger partial charge in [0.05, 0.1) is 11.8 Å². The summed E-state index contributed by atoms with van der Waals surface area (Å²) in [4.78, 5) is 10.7. The van der Waals surface area contributed by atoms with Crippen LogP contribution in [0.1, 0.15) is 10.4 Å². The van der Waals surface area contributed by atoms with Gasteiger partial charge in [0, 0.05) is 51.4 Å². The van der Waals surface area contributed by atoms with Crippen molar-refractivity contribution in [3.05, 3.63) is 24.2 Å². The molecule has 1 rings (SSSR count). The van der Waals surface area contributed by atoms with Gasteiger partial charge in [-0.25, -0.2) is 0 Å². The Kier molecular flexibility index (Phi) is 5.45. The zero-order chi connectivity index (χ0) is 7.40. The summed E-state index contributed by atoms with van der Waals surface area (Å²) in [5, 5.41) is 9.98. The van der Waals surface area contributed by atoms with Crippen LogP contribution in [0.4, 0.5) is 0 Å². The van der Waals surface area contributed by atoms with E-state index in [1.807, 2.05) is 5.32 Å². The van der Waals surface area contributed by atoms with E-state index < -0.39 is 5.91 Å². The Hall–Kier alpha value is -0.124. The fourth-order valence-electron chi connectivity index (χ4n) is 0.517. The van der Waals surface area contributed by atoms with Crippen molar-refractivity contribution in [2.75, 3.05) is 0 Å². The van der Waals surface area contributed by atoms with Gasteiger partial charge in [-0.3, -0.25) is 10.1 Å². The third-order valence-corrected chi connectivity index (χ3v) is 0.953. The molecule has 0 saturated carbocycles. The fraction of sp³-hybridized carbons (Fsp3) is 0. The molecule has 1 aromatic rings. The number of nitriles is 1. The summed E-state index contributed by atoms with van der Waals surface area (Å²) in [6, 6.07) is 1.48. The van der Waals surface area contributed by atoms with E-state index in [0.717, 1.165) is 0 Å². The quantitative estimate of drug-likeness (QED) is 0.374. The van der Waals surface area contributed by atoms with E-state index in [-0.39, 0.29) is 51.4 Å². The van der Waals surface area contributed by atoms with Gasteiger partial charge in [-0.2, -0.15) is 5.26 Å². The van der Waals surface area contributed by atoms with Gasteiger partial charge in [0.25, 0.3) is 5.91 Å². The first-order valence-electron chi connectivity index (χ1n) is 2.56. The molecule has 5 heteroatoms. The van der Waals surface area contributed by atoms with E-state index in [2.05, 4.69) is 4.42 Å².